The molecule has 0 aromatic heterocycles. The number of nitro groups is 1. The summed E-state index contributed by atoms with van der Waals surface area (Å²) in [5, 5.41) is 13.2. The second kappa shape index (κ2) is 6.45. The molecule has 1 rings (SSSR count). The van der Waals surface area contributed by atoms with Crippen LogP contribution < -0.4 is 11.1 Å². The molecular formula is C11H13N3O5. The Bertz CT molecular complexity index is 515. The van der Waals surface area contributed by atoms with E-state index in [4.69, 9.17) is 10.5 Å². The lowest BCUT2D eigenvalue weighted by atomic mass is 10.2. The van der Waals surface area contributed by atoms with Gasteiger partial charge in [0.15, 0.2) is 0 Å². The monoisotopic (exact) mass is 267 g/mol. The highest BCUT2D eigenvalue weighted by atomic mass is 16.6. The van der Waals surface area contributed by atoms with E-state index in [2.05, 4.69) is 5.32 Å². The van der Waals surface area contributed by atoms with Gasteiger partial charge in [0.2, 0.25) is 5.91 Å². The minimum absolute atomic E-state index is 0.0482. The Morgan fingerprint density at radius 2 is 2.16 bits per heavy atom. The van der Waals surface area contributed by atoms with Gasteiger partial charge < -0.3 is 15.8 Å². The fourth-order valence-corrected chi connectivity index (χ4v) is 1.31. The third-order valence-corrected chi connectivity index (χ3v) is 2.16. The second-order valence-corrected chi connectivity index (χ2v) is 3.64. The lowest BCUT2D eigenvalue weighted by Gasteiger charge is -2.07. The normalized spacial score (nSPS) is 9.79. The average Bonchev–Trinajstić information content (AvgIpc) is 2.36. The Morgan fingerprint density at radius 3 is 2.68 bits per heavy atom. The van der Waals surface area contributed by atoms with Crippen LogP contribution in [-0.4, -0.2) is 23.3 Å². The van der Waals surface area contributed by atoms with E-state index in [0.717, 1.165) is 0 Å². The number of rotatable bonds is 5. The maximum absolute atomic E-state index is 11.1. The van der Waals surface area contributed by atoms with E-state index in [9.17, 15) is 19.7 Å². The largest absolute Gasteiger partial charge is 0.461 e. The van der Waals surface area contributed by atoms with Gasteiger partial charge in [0, 0.05) is 13.0 Å². The topological polar surface area (TPSA) is 125 Å². The van der Waals surface area contributed by atoms with E-state index in [1.807, 2.05) is 0 Å². The van der Waals surface area contributed by atoms with Gasteiger partial charge in [0.1, 0.15) is 12.3 Å². The number of esters is 1. The van der Waals surface area contributed by atoms with Crippen molar-refractivity contribution in [3.63, 3.8) is 0 Å². The molecule has 8 nitrogen and oxygen atoms in total. The van der Waals surface area contributed by atoms with Gasteiger partial charge in [0.25, 0.3) is 5.69 Å². The minimum Gasteiger partial charge on any atom is -0.461 e. The van der Waals surface area contributed by atoms with Crippen LogP contribution in [0.4, 0.5) is 11.4 Å². The molecule has 19 heavy (non-hydrogen) atoms. The minimum atomic E-state index is -0.636. The maximum atomic E-state index is 11.1. The molecule has 102 valence electrons. The number of carbonyl (C=O) groups is 2. The van der Waals surface area contributed by atoms with Gasteiger partial charge in [-0.25, -0.2) is 0 Å². The fourth-order valence-electron chi connectivity index (χ4n) is 1.31. The van der Waals surface area contributed by atoms with E-state index in [1.54, 1.807) is 0 Å². The molecule has 8 heteroatoms. The molecule has 0 saturated carbocycles. The molecule has 0 heterocycles. The Balaban J connectivity index is 2.97. The smallest absolute Gasteiger partial charge is 0.302 e. The van der Waals surface area contributed by atoms with Gasteiger partial charge in [-0.1, -0.05) is 6.07 Å². The Labute approximate surface area is 108 Å². The van der Waals surface area contributed by atoms with Gasteiger partial charge in [-0.05, 0) is 11.6 Å². The number of ether oxygens (including phenoxy) is 1. The molecule has 0 saturated heterocycles. The summed E-state index contributed by atoms with van der Waals surface area (Å²) in [6.45, 7) is 0.901. The Morgan fingerprint density at radius 1 is 1.47 bits per heavy atom. The molecule has 1 amide bonds. The van der Waals surface area contributed by atoms with Crippen LogP contribution in [0.2, 0.25) is 0 Å². The first-order chi connectivity index (χ1) is 8.93. The number of hydrogen-bond donors (Lipinski definition) is 2. The zero-order chi connectivity index (χ0) is 14.4. The van der Waals surface area contributed by atoms with Crippen molar-refractivity contribution >= 4 is 23.3 Å². The number of nitrogens with two attached hydrogens (primary N) is 1. The first-order valence-corrected chi connectivity index (χ1v) is 5.34. The predicted octanol–water partition coefficient (Wildman–Crippen LogP) is 0.555. The highest BCUT2D eigenvalue weighted by molar-refractivity contribution is 5.94. The molecule has 1 aromatic rings. The van der Waals surface area contributed by atoms with Crippen LogP contribution in [0.1, 0.15) is 12.5 Å². The van der Waals surface area contributed by atoms with Crippen molar-refractivity contribution in [2.75, 3.05) is 11.9 Å². The number of benzene rings is 1. The Kier molecular flexibility index (Phi) is 4.95. The van der Waals surface area contributed by atoms with Crippen LogP contribution >= 0.6 is 0 Å². The van der Waals surface area contributed by atoms with Crippen molar-refractivity contribution in [1.82, 2.24) is 0 Å². The van der Waals surface area contributed by atoms with Crippen molar-refractivity contribution < 1.29 is 19.2 Å². The van der Waals surface area contributed by atoms with Crippen LogP contribution in [0.3, 0.4) is 0 Å². The first-order valence-electron chi connectivity index (χ1n) is 5.34. The number of anilines is 1. The van der Waals surface area contributed by atoms with E-state index >= 15 is 0 Å². The SMILES string of the molecule is CC(=O)OCc1ccc(NC(=O)CN)c([N+](=O)[O-])c1. The van der Waals surface area contributed by atoms with Crippen LogP contribution in [-0.2, 0) is 20.9 Å². The quantitative estimate of drug-likeness (QED) is 0.456. The molecule has 0 radical (unpaired) electrons. The van der Waals surface area contributed by atoms with Crippen LogP contribution in [0.15, 0.2) is 18.2 Å². The van der Waals surface area contributed by atoms with E-state index in [0.29, 0.717) is 5.56 Å². The lowest BCUT2D eigenvalue weighted by Crippen LogP contribution is -2.22. The van der Waals surface area contributed by atoms with Crippen molar-refractivity contribution in [2.24, 2.45) is 5.73 Å². The maximum Gasteiger partial charge on any atom is 0.302 e. The standard InChI is InChI=1S/C11H13N3O5/c1-7(15)19-6-8-2-3-9(13-11(16)5-12)10(4-8)14(17)18/h2-4H,5-6,12H2,1H3,(H,13,16). The van der Waals surface area contributed by atoms with E-state index < -0.39 is 16.8 Å². The van der Waals surface area contributed by atoms with Crippen LogP contribution in [0.25, 0.3) is 0 Å². The zero-order valence-corrected chi connectivity index (χ0v) is 10.2. The molecule has 0 aliphatic rings. The van der Waals surface area contributed by atoms with Gasteiger partial charge in [-0.15, -0.1) is 0 Å². The summed E-state index contributed by atoms with van der Waals surface area (Å²) in [4.78, 5) is 32.0. The van der Waals surface area contributed by atoms with Crippen molar-refractivity contribution in [2.45, 2.75) is 13.5 Å². The Hall–Kier alpha value is -2.48. The molecule has 0 spiro atoms. The van der Waals surface area contributed by atoms with Crippen molar-refractivity contribution in [3.05, 3.63) is 33.9 Å². The molecular weight excluding hydrogens is 254 g/mol. The van der Waals surface area contributed by atoms with Crippen LogP contribution in [0, 0.1) is 10.1 Å². The summed E-state index contributed by atoms with van der Waals surface area (Å²) in [5.41, 5.74) is 5.33. The third kappa shape index (κ3) is 4.36. The summed E-state index contributed by atoms with van der Waals surface area (Å²) >= 11 is 0. The van der Waals surface area contributed by atoms with Gasteiger partial charge in [0.05, 0.1) is 11.5 Å². The molecule has 0 fully saturated rings. The summed E-state index contributed by atoms with van der Waals surface area (Å²) in [6, 6.07) is 4.11. The van der Waals surface area contributed by atoms with Crippen LogP contribution in [0.5, 0.6) is 0 Å². The average molecular weight is 267 g/mol. The summed E-state index contributed by atoms with van der Waals surface area (Å²) in [6.07, 6.45) is 0. The van der Waals surface area contributed by atoms with E-state index in [-0.39, 0.29) is 24.5 Å². The van der Waals surface area contributed by atoms with Crippen molar-refractivity contribution in [3.8, 4) is 0 Å². The summed E-state index contributed by atoms with van der Waals surface area (Å²) in [7, 11) is 0. The second-order valence-electron chi connectivity index (χ2n) is 3.64. The molecule has 1 aromatic carbocycles. The molecule has 0 unspecified atom stereocenters. The molecule has 0 bridgehead atoms. The first kappa shape index (κ1) is 14.6. The summed E-state index contributed by atoms with van der Waals surface area (Å²) in [5.74, 6) is -1.01. The summed E-state index contributed by atoms with van der Waals surface area (Å²) < 4.78 is 4.74. The number of nitro benzene ring substituents is 1. The third-order valence-electron chi connectivity index (χ3n) is 2.16. The van der Waals surface area contributed by atoms with Gasteiger partial charge >= 0.3 is 5.97 Å². The fraction of sp³-hybridized carbons (Fsp3) is 0.273. The number of nitrogens with zero attached hydrogens (tertiary/aromatic N) is 1. The number of amides is 1. The molecule has 0 aliphatic carbocycles. The predicted molar refractivity (Wildman–Crippen MR) is 66.3 cm³/mol. The number of carbonyl (C=O) groups excluding carboxylic acids is 2. The number of hydrogen-bond acceptors (Lipinski definition) is 6. The zero-order valence-electron chi connectivity index (χ0n) is 10.2. The van der Waals surface area contributed by atoms with Gasteiger partial charge in [-0.3, -0.25) is 19.7 Å². The highest BCUT2D eigenvalue weighted by Gasteiger charge is 2.16. The number of nitrogens with one attached hydrogen (secondary N) is 1. The van der Waals surface area contributed by atoms with Crippen molar-refractivity contribution in [1.29, 1.82) is 0 Å². The molecule has 3 N–H and O–H groups in total. The van der Waals surface area contributed by atoms with E-state index in [1.165, 1.54) is 25.1 Å². The molecule has 0 atom stereocenters. The lowest BCUT2D eigenvalue weighted by molar-refractivity contribution is -0.384. The highest BCUT2D eigenvalue weighted by Crippen LogP contribution is 2.25. The molecule has 0 aliphatic heterocycles. The van der Waals surface area contributed by atoms with Gasteiger partial charge in [-0.2, -0.15) is 0 Å².